The van der Waals surface area contributed by atoms with E-state index in [0.29, 0.717) is 5.13 Å². The van der Waals surface area contributed by atoms with Crippen LogP contribution in [0, 0.1) is 5.92 Å². The fourth-order valence-electron chi connectivity index (χ4n) is 2.44. The number of urea groups is 1. The van der Waals surface area contributed by atoms with Crippen molar-refractivity contribution in [2.45, 2.75) is 26.3 Å². The van der Waals surface area contributed by atoms with Crippen molar-refractivity contribution in [2.24, 2.45) is 5.92 Å². The van der Waals surface area contributed by atoms with Crippen molar-refractivity contribution in [1.29, 1.82) is 0 Å². The fourth-order valence-corrected chi connectivity index (χ4v) is 3.19. The topological polar surface area (TPSA) is 90.5 Å². The number of carbonyl (C=O) groups is 2. The van der Waals surface area contributed by atoms with Crippen molar-refractivity contribution in [1.82, 2.24) is 20.4 Å². The number of rotatable bonds is 7. The van der Waals surface area contributed by atoms with E-state index in [1.165, 1.54) is 16.2 Å². The summed E-state index contributed by atoms with van der Waals surface area (Å²) in [7, 11) is 7.24. The molecule has 1 aromatic heterocycles. The normalized spacial score (nSPS) is 12.8. The summed E-state index contributed by atoms with van der Waals surface area (Å²) in [4.78, 5) is 28.2. The van der Waals surface area contributed by atoms with Gasteiger partial charge in [0.25, 0.3) is 0 Å². The zero-order chi connectivity index (χ0) is 20.8. The second-order valence-electron chi connectivity index (χ2n) is 7.05. The molecule has 3 amide bonds. The molecule has 0 saturated heterocycles. The van der Waals surface area contributed by atoms with E-state index in [2.05, 4.69) is 20.8 Å². The van der Waals surface area contributed by atoms with E-state index in [0.717, 1.165) is 22.7 Å². The van der Waals surface area contributed by atoms with Crippen molar-refractivity contribution in [3.63, 3.8) is 0 Å². The Bertz CT molecular complexity index is 803. The molecule has 1 heterocycles. The van der Waals surface area contributed by atoms with Crippen LogP contribution in [0.2, 0.25) is 0 Å². The fraction of sp³-hybridized carbons (Fsp3) is 0.474. The highest BCUT2D eigenvalue weighted by molar-refractivity contribution is 7.18. The Morgan fingerprint density at radius 2 is 1.75 bits per heavy atom. The highest BCUT2D eigenvalue weighted by atomic mass is 32.1. The zero-order valence-electron chi connectivity index (χ0n) is 17.2. The lowest BCUT2D eigenvalue weighted by atomic mass is 9.98. The van der Waals surface area contributed by atoms with E-state index in [9.17, 15) is 9.59 Å². The molecule has 2 aromatic rings. The molecule has 8 nitrogen and oxygen atoms in total. The van der Waals surface area contributed by atoms with E-state index in [1.807, 2.05) is 57.1 Å². The highest BCUT2D eigenvalue weighted by Gasteiger charge is 2.27. The van der Waals surface area contributed by atoms with Gasteiger partial charge in [0.2, 0.25) is 11.0 Å². The molecule has 28 heavy (non-hydrogen) atoms. The van der Waals surface area contributed by atoms with Gasteiger partial charge >= 0.3 is 6.03 Å². The first-order valence-electron chi connectivity index (χ1n) is 9.12. The largest absolute Gasteiger partial charge is 0.378 e. The van der Waals surface area contributed by atoms with Gasteiger partial charge in [-0.25, -0.2) is 4.79 Å². The van der Waals surface area contributed by atoms with Crippen molar-refractivity contribution in [2.75, 3.05) is 38.4 Å². The molecule has 0 fully saturated rings. The molecule has 0 radical (unpaired) electrons. The molecule has 2 N–H and O–H groups in total. The highest BCUT2D eigenvalue weighted by Crippen LogP contribution is 2.28. The summed E-state index contributed by atoms with van der Waals surface area (Å²) in [6.07, 6.45) is 0.755. The number of hydrogen-bond donors (Lipinski definition) is 2. The van der Waals surface area contributed by atoms with Gasteiger partial charge in [0.1, 0.15) is 11.0 Å². The van der Waals surface area contributed by atoms with E-state index in [-0.39, 0.29) is 17.9 Å². The number of benzene rings is 1. The van der Waals surface area contributed by atoms with E-state index in [4.69, 9.17) is 0 Å². The van der Waals surface area contributed by atoms with E-state index in [1.54, 1.807) is 14.1 Å². The molecule has 0 aliphatic rings. The summed E-state index contributed by atoms with van der Waals surface area (Å²) < 4.78 is 0. The summed E-state index contributed by atoms with van der Waals surface area (Å²) in [6, 6.07) is 7.00. The zero-order valence-corrected chi connectivity index (χ0v) is 18.0. The molecular formula is C19H28N6O2S. The van der Waals surface area contributed by atoms with Crippen molar-refractivity contribution in [3.8, 4) is 10.6 Å². The van der Waals surface area contributed by atoms with Gasteiger partial charge < -0.3 is 15.1 Å². The summed E-state index contributed by atoms with van der Waals surface area (Å²) in [6.45, 7) is 3.91. The molecule has 0 bridgehead atoms. The predicted octanol–water partition coefficient (Wildman–Crippen LogP) is 2.90. The minimum Gasteiger partial charge on any atom is -0.378 e. The van der Waals surface area contributed by atoms with Gasteiger partial charge in [-0.2, -0.15) is 0 Å². The van der Waals surface area contributed by atoms with Gasteiger partial charge in [-0.15, -0.1) is 10.2 Å². The third-order valence-corrected chi connectivity index (χ3v) is 5.35. The van der Waals surface area contributed by atoms with Gasteiger partial charge in [-0.05, 0) is 30.2 Å². The van der Waals surface area contributed by atoms with Gasteiger partial charge in [0.05, 0.1) is 0 Å². The van der Waals surface area contributed by atoms with Crippen LogP contribution in [0.3, 0.4) is 0 Å². The van der Waals surface area contributed by atoms with Gasteiger partial charge in [0.15, 0.2) is 0 Å². The molecule has 9 heteroatoms. The van der Waals surface area contributed by atoms with Crippen LogP contribution in [0.25, 0.3) is 10.6 Å². The van der Waals surface area contributed by atoms with Crippen molar-refractivity contribution >= 4 is 34.1 Å². The van der Waals surface area contributed by atoms with Crippen LogP contribution in [-0.2, 0) is 4.79 Å². The predicted molar refractivity (Wildman–Crippen MR) is 114 cm³/mol. The average molecular weight is 405 g/mol. The van der Waals surface area contributed by atoms with Gasteiger partial charge in [-0.1, -0.05) is 31.6 Å². The van der Waals surface area contributed by atoms with Crippen LogP contribution < -0.4 is 15.5 Å². The molecule has 2 rings (SSSR count). The lowest BCUT2D eigenvalue weighted by Gasteiger charge is -2.24. The molecule has 0 aliphatic heterocycles. The standard InChI is InChI=1S/C19H28N6O2S/c1-7-12(2)15(20-19(27)25(5)6)16(26)21-18-23-22-17(28-18)13-8-10-14(11-9-13)24(3)4/h8-12,15H,7H2,1-6H3,(H,20,27)(H,21,23,26)/t12-,15-/m1/s1. The van der Waals surface area contributed by atoms with Crippen LogP contribution in [-0.4, -0.2) is 61.3 Å². The Kier molecular flexibility index (Phi) is 7.33. The summed E-state index contributed by atoms with van der Waals surface area (Å²) in [5.41, 5.74) is 2.03. The Morgan fingerprint density at radius 3 is 2.29 bits per heavy atom. The minimum atomic E-state index is -0.647. The molecular weight excluding hydrogens is 376 g/mol. The number of aromatic nitrogens is 2. The number of amides is 3. The number of carbonyl (C=O) groups excluding carboxylic acids is 2. The molecule has 152 valence electrons. The molecule has 0 spiro atoms. The summed E-state index contributed by atoms with van der Waals surface area (Å²) in [5, 5.41) is 14.9. The molecule has 0 aliphatic carbocycles. The van der Waals surface area contributed by atoms with Crippen LogP contribution in [0.4, 0.5) is 15.6 Å². The van der Waals surface area contributed by atoms with Gasteiger partial charge in [-0.3, -0.25) is 10.1 Å². The Labute approximate surface area is 169 Å². The molecule has 2 atom stereocenters. The van der Waals surface area contributed by atoms with Crippen molar-refractivity contribution < 1.29 is 9.59 Å². The third-order valence-electron chi connectivity index (χ3n) is 4.47. The minimum absolute atomic E-state index is 0.0186. The SMILES string of the molecule is CC[C@@H](C)[C@@H](NC(=O)N(C)C)C(=O)Nc1nnc(-c2ccc(N(C)C)cc2)s1. The smallest absolute Gasteiger partial charge is 0.317 e. The van der Waals surface area contributed by atoms with E-state index < -0.39 is 6.04 Å². The third kappa shape index (κ3) is 5.41. The molecule has 0 unspecified atom stereocenters. The average Bonchev–Trinajstić information content (AvgIpc) is 3.13. The number of nitrogens with one attached hydrogen (secondary N) is 2. The quantitative estimate of drug-likeness (QED) is 0.740. The Morgan fingerprint density at radius 1 is 1.11 bits per heavy atom. The summed E-state index contributed by atoms with van der Waals surface area (Å²) >= 11 is 1.30. The van der Waals surface area contributed by atoms with Crippen LogP contribution in [0.15, 0.2) is 24.3 Å². The van der Waals surface area contributed by atoms with Crippen LogP contribution in [0.1, 0.15) is 20.3 Å². The second kappa shape index (κ2) is 9.50. The maximum atomic E-state index is 12.7. The maximum absolute atomic E-state index is 12.7. The molecule has 0 saturated carbocycles. The number of hydrogen-bond acceptors (Lipinski definition) is 6. The van der Waals surface area contributed by atoms with Gasteiger partial charge in [0, 0.05) is 39.4 Å². The first-order chi connectivity index (χ1) is 13.2. The number of nitrogens with zero attached hydrogens (tertiary/aromatic N) is 4. The van der Waals surface area contributed by atoms with E-state index >= 15 is 0 Å². The van der Waals surface area contributed by atoms with Crippen LogP contribution >= 0.6 is 11.3 Å². The first-order valence-corrected chi connectivity index (χ1v) is 9.94. The summed E-state index contributed by atoms with van der Waals surface area (Å²) in [5.74, 6) is -0.315. The lowest BCUT2D eigenvalue weighted by molar-refractivity contribution is -0.119. The maximum Gasteiger partial charge on any atom is 0.317 e. The Hall–Kier alpha value is -2.68. The lowest BCUT2D eigenvalue weighted by Crippen LogP contribution is -2.50. The van der Waals surface area contributed by atoms with Crippen LogP contribution in [0.5, 0.6) is 0 Å². The number of anilines is 2. The van der Waals surface area contributed by atoms with Crippen molar-refractivity contribution in [3.05, 3.63) is 24.3 Å². The molecule has 1 aromatic carbocycles. The Balaban J connectivity index is 2.11. The first kappa shape index (κ1) is 21.6. The monoisotopic (exact) mass is 404 g/mol. The second-order valence-corrected chi connectivity index (χ2v) is 8.03.